The third-order valence-corrected chi connectivity index (χ3v) is 6.80. The van der Waals surface area contributed by atoms with Crippen molar-refractivity contribution in [3.05, 3.63) is 39.1 Å². The molecule has 20 heavy (non-hydrogen) atoms. The number of nitrogens with zero attached hydrogens (tertiary/aromatic N) is 1. The van der Waals surface area contributed by atoms with Gasteiger partial charge in [-0.1, -0.05) is 23.7 Å². The molecule has 0 fully saturated rings. The van der Waals surface area contributed by atoms with Gasteiger partial charge in [-0.05, 0) is 34.1 Å². The summed E-state index contributed by atoms with van der Waals surface area (Å²) in [7, 11) is -3.70. The van der Waals surface area contributed by atoms with E-state index in [0.29, 0.717) is 14.3 Å². The van der Waals surface area contributed by atoms with Crippen molar-refractivity contribution in [2.75, 3.05) is 4.72 Å². The SMILES string of the molecule is O=S(=O)(Nc1nc2ccccc2[nH]1)c1cc(Cl)c(Br)s1. The van der Waals surface area contributed by atoms with Gasteiger partial charge in [0.05, 0.1) is 19.8 Å². The van der Waals surface area contributed by atoms with Crippen LogP contribution in [0, 0.1) is 0 Å². The van der Waals surface area contributed by atoms with Crippen molar-refractivity contribution in [2.24, 2.45) is 0 Å². The number of sulfonamides is 1. The van der Waals surface area contributed by atoms with Crippen LogP contribution in [0.5, 0.6) is 0 Å². The highest BCUT2D eigenvalue weighted by Crippen LogP contribution is 2.35. The predicted octanol–water partition coefficient (Wildman–Crippen LogP) is 3.84. The Hall–Kier alpha value is -1.09. The summed E-state index contributed by atoms with van der Waals surface area (Å²) in [6.07, 6.45) is 0. The van der Waals surface area contributed by atoms with E-state index in [-0.39, 0.29) is 10.2 Å². The summed E-state index contributed by atoms with van der Waals surface area (Å²) in [6, 6.07) is 8.68. The zero-order chi connectivity index (χ0) is 14.3. The van der Waals surface area contributed by atoms with E-state index in [4.69, 9.17) is 11.6 Å². The van der Waals surface area contributed by atoms with Gasteiger partial charge >= 0.3 is 0 Å². The standard InChI is InChI=1S/C11H7BrClN3O2S2/c12-10-6(13)5-9(19-10)20(17,18)16-11-14-7-3-1-2-4-8(7)15-11/h1-5H,(H2,14,15,16). The lowest BCUT2D eigenvalue weighted by atomic mass is 10.3. The summed E-state index contributed by atoms with van der Waals surface area (Å²) in [5.41, 5.74) is 1.45. The number of aromatic nitrogens is 2. The Labute approximate surface area is 132 Å². The highest BCUT2D eigenvalue weighted by atomic mass is 79.9. The molecule has 0 aliphatic rings. The van der Waals surface area contributed by atoms with Gasteiger partial charge in [-0.25, -0.2) is 18.1 Å². The Morgan fingerprint density at radius 2 is 2.10 bits per heavy atom. The van der Waals surface area contributed by atoms with E-state index < -0.39 is 10.0 Å². The number of thiophene rings is 1. The number of hydrogen-bond donors (Lipinski definition) is 2. The van der Waals surface area contributed by atoms with Crippen molar-refractivity contribution in [3.8, 4) is 0 Å². The van der Waals surface area contributed by atoms with Crippen molar-refractivity contribution in [3.63, 3.8) is 0 Å². The second-order valence-corrected chi connectivity index (χ2v) is 8.58. The number of nitrogens with one attached hydrogen (secondary N) is 2. The molecule has 1 aromatic carbocycles. The molecule has 2 N–H and O–H groups in total. The number of rotatable bonds is 3. The van der Waals surface area contributed by atoms with E-state index in [1.807, 2.05) is 18.2 Å². The average molecular weight is 393 g/mol. The molecule has 0 radical (unpaired) electrons. The first-order valence-corrected chi connectivity index (χ1v) is 8.85. The van der Waals surface area contributed by atoms with E-state index in [9.17, 15) is 8.42 Å². The van der Waals surface area contributed by atoms with Crippen LogP contribution in [0.4, 0.5) is 5.95 Å². The Morgan fingerprint density at radius 1 is 1.35 bits per heavy atom. The number of halogens is 2. The van der Waals surface area contributed by atoms with Crippen LogP contribution >= 0.6 is 38.9 Å². The highest BCUT2D eigenvalue weighted by Gasteiger charge is 2.20. The Bertz CT molecular complexity index is 836. The second kappa shape index (κ2) is 5.03. The number of anilines is 1. The summed E-state index contributed by atoms with van der Waals surface area (Å²) in [5, 5.41) is 0.361. The molecular weight excluding hydrogens is 386 g/mol. The number of aromatic amines is 1. The summed E-state index contributed by atoms with van der Waals surface area (Å²) >= 11 is 10.1. The Kier molecular flexibility index (Phi) is 3.49. The number of benzene rings is 1. The lowest BCUT2D eigenvalue weighted by Gasteiger charge is -2.01. The fraction of sp³-hybridized carbons (Fsp3) is 0. The topological polar surface area (TPSA) is 74.8 Å². The number of H-pyrrole nitrogens is 1. The molecule has 2 heterocycles. The largest absolute Gasteiger partial charge is 0.323 e. The fourth-order valence-electron chi connectivity index (χ4n) is 1.64. The number of imidazole rings is 1. The minimum absolute atomic E-state index is 0.120. The van der Waals surface area contributed by atoms with Gasteiger partial charge in [0, 0.05) is 0 Å². The molecule has 3 aromatic rings. The molecule has 0 aliphatic carbocycles. The molecule has 9 heteroatoms. The molecule has 0 saturated heterocycles. The van der Waals surface area contributed by atoms with Crippen molar-refractivity contribution in [1.29, 1.82) is 0 Å². The zero-order valence-corrected chi connectivity index (χ0v) is 13.7. The smallest absolute Gasteiger partial charge is 0.273 e. The van der Waals surface area contributed by atoms with Crippen LogP contribution < -0.4 is 4.72 Å². The molecule has 0 bridgehead atoms. The minimum Gasteiger partial charge on any atom is -0.323 e. The van der Waals surface area contributed by atoms with Crippen LogP contribution in [0.1, 0.15) is 0 Å². The molecule has 0 aliphatic heterocycles. The predicted molar refractivity (Wildman–Crippen MR) is 83.9 cm³/mol. The molecule has 0 spiro atoms. The quantitative estimate of drug-likeness (QED) is 0.711. The monoisotopic (exact) mass is 391 g/mol. The number of para-hydroxylation sites is 2. The normalized spacial score (nSPS) is 11.9. The van der Waals surface area contributed by atoms with Gasteiger partial charge in [-0.15, -0.1) is 11.3 Å². The van der Waals surface area contributed by atoms with E-state index in [1.165, 1.54) is 6.07 Å². The van der Waals surface area contributed by atoms with Gasteiger partial charge in [-0.2, -0.15) is 0 Å². The molecule has 5 nitrogen and oxygen atoms in total. The van der Waals surface area contributed by atoms with Gasteiger partial charge in [0.1, 0.15) is 4.21 Å². The van der Waals surface area contributed by atoms with Crippen molar-refractivity contribution >= 4 is 65.9 Å². The van der Waals surface area contributed by atoms with Crippen molar-refractivity contribution < 1.29 is 8.42 Å². The molecule has 0 atom stereocenters. The molecule has 0 saturated carbocycles. The average Bonchev–Trinajstić information content (AvgIpc) is 2.93. The molecule has 2 aromatic heterocycles. The van der Waals surface area contributed by atoms with Gasteiger partial charge in [0.15, 0.2) is 0 Å². The Balaban J connectivity index is 1.96. The molecule has 104 valence electrons. The molecular formula is C11H7BrClN3O2S2. The van der Waals surface area contributed by atoms with Crippen LogP contribution in [0.3, 0.4) is 0 Å². The van der Waals surface area contributed by atoms with Gasteiger partial charge in [-0.3, -0.25) is 0 Å². The van der Waals surface area contributed by atoms with Gasteiger partial charge < -0.3 is 4.98 Å². The van der Waals surface area contributed by atoms with Crippen molar-refractivity contribution in [2.45, 2.75) is 4.21 Å². The number of hydrogen-bond acceptors (Lipinski definition) is 4. The molecule has 3 rings (SSSR count). The molecule has 0 unspecified atom stereocenters. The zero-order valence-electron chi connectivity index (χ0n) is 9.72. The summed E-state index contributed by atoms with van der Waals surface area (Å²) in [6.45, 7) is 0. The lowest BCUT2D eigenvalue weighted by molar-refractivity contribution is 0.603. The Morgan fingerprint density at radius 3 is 2.75 bits per heavy atom. The third-order valence-electron chi connectivity index (χ3n) is 2.51. The van der Waals surface area contributed by atoms with E-state index in [1.54, 1.807) is 6.07 Å². The first kappa shape index (κ1) is 13.9. The van der Waals surface area contributed by atoms with Crippen LogP contribution in [-0.4, -0.2) is 18.4 Å². The minimum atomic E-state index is -3.70. The summed E-state index contributed by atoms with van der Waals surface area (Å²) in [4.78, 5) is 7.07. The summed E-state index contributed by atoms with van der Waals surface area (Å²) < 4.78 is 27.5. The lowest BCUT2D eigenvalue weighted by Crippen LogP contribution is -2.12. The first-order valence-electron chi connectivity index (χ1n) is 5.38. The van der Waals surface area contributed by atoms with Crippen LogP contribution in [-0.2, 0) is 10.0 Å². The number of fused-ring (bicyclic) bond motifs is 1. The van der Waals surface area contributed by atoms with Crippen LogP contribution in [0.2, 0.25) is 5.02 Å². The fourth-order valence-corrected chi connectivity index (χ4v) is 5.00. The maximum Gasteiger partial charge on any atom is 0.273 e. The second-order valence-electron chi connectivity index (χ2n) is 3.90. The van der Waals surface area contributed by atoms with Gasteiger partial charge in [0.2, 0.25) is 5.95 Å². The van der Waals surface area contributed by atoms with E-state index in [2.05, 4.69) is 30.6 Å². The third kappa shape index (κ3) is 2.56. The highest BCUT2D eigenvalue weighted by molar-refractivity contribution is 9.11. The van der Waals surface area contributed by atoms with E-state index >= 15 is 0 Å². The van der Waals surface area contributed by atoms with Gasteiger partial charge in [0.25, 0.3) is 10.0 Å². The first-order chi connectivity index (χ1) is 9.45. The van der Waals surface area contributed by atoms with E-state index in [0.717, 1.165) is 16.9 Å². The molecule has 0 amide bonds. The van der Waals surface area contributed by atoms with Crippen molar-refractivity contribution in [1.82, 2.24) is 9.97 Å². The maximum atomic E-state index is 12.2. The van der Waals surface area contributed by atoms with Crippen LogP contribution in [0.25, 0.3) is 11.0 Å². The summed E-state index contributed by atoms with van der Waals surface area (Å²) in [5.74, 6) is 0.173. The maximum absolute atomic E-state index is 12.2. The van der Waals surface area contributed by atoms with Crippen LogP contribution in [0.15, 0.2) is 38.3 Å².